The highest BCUT2D eigenvalue weighted by molar-refractivity contribution is 7.90. The second kappa shape index (κ2) is 7.59. The number of benzene rings is 1. The normalized spacial score (nSPS) is 10.4. The molecule has 0 bridgehead atoms. The molecule has 0 spiro atoms. The van der Waals surface area contributed by atoms with Crippen molar-refractivity contribution < 1.29 is 13.2 Å². The lowest BCUT2D eigenvalue weighted by molar-refractivity contribution is -0.115. The highest BCUT2D eigenvalue weighted by Crippen LogP contribution is 2.06. The van der Waals surface area contributed by atoms with Crippen LogP contribution in [0.3, 0.4) is 0 Å². The van der Waals surface area contributed by atoms with Crippen LogP contribution in [-0.4, -0.2) is 26.6 Å². The fourth-order valence-electron chi connectivity index (χ4n) is 1.55. The molecule has 5 heteroatoms. The van der Waals surface area contributed by atoms with Gasteiger partial charge in [-0.05, 0) is 24.8 Å². The Morgan fingerprint density at radius 3 is 2.58 bits per heavy atom. The summed E-state index contributed by atoms with van der Waals surface area (Å²) in [5, 5.41) is 2.54. The van der Waals surface area contributed by atoms with Gasteiger partial charge in [0.25, 0.3) is 5.91 Å². The van der Waals surface area contributed by atoms with E-state index >= 15 is 0 Å². The Bertz CT molecular complexity index is 568. The number of hydrogen-bond donors (Lipinski definition) is 1. The van der Waals surface area contributed by atoms with Gasteiger partial charge < -0.3 is 5.32 Å². The fourth-order valence-corrected chi connectivity index (χ4v) is 2.98. The second-order valence-electron chi connectivity index (χ2n) is 4.06. The van der Waals surface area contributed by atoms with Crippen LogP contribution in [0.15, 0.2) is 30.3 Å². The zero-order valence-electron chi connectivity index (χ0n) is 10.8. The van der Waals surface area contributed by atoms with Crippen LogP contribution in [0.1, 0.15) is 18.9 Å². The van der Waals surface area contributed by atoms with Crippen molar-refractivity contribution >= 4 is 15.7 Å². The molecule has 0 radical (unpaired) electrons. The highest BCUT2D eigenvalue weighted by Gasteiger charge is 2.11. The van der Waals surface area contributed by atoms with E-state index in [-0.39, 0.29) is 17.4 Å². The Morgan fingerprint density at radius 2 is 1.95 bits per heavy atom. The number of hydrogen-bond acceptors (Lipinski definition) is 3. The van der Waals surface area contributed by atoms with Crippen LogP contribution < -0.4 is 5.32 Å². The maximum atomic E-state index is 11.8. The number of sulfone groups is 1. The lowest BCUT2D eigenvalue weighted by Crippen LogP contribution is -2.24. The van der Waals surface area contributed by atoms with E-state index < -0.39 is 9.84 Å². The minimum Gasteiger partial charge on any atom is -0.345 e. The molecule has 0 aliphatic rings. The third-order valence-corrected chi connectivity index (χ3v) is 4.07. The molecule has 102 valence electrons. The fraction of sp³-hybridized carbons (Fsp3) is 0.357. The minimum atomic E-state index is -3.13. The average Bonchev–Trinajstić information content (AvgIpc) is 2.36. The maximum absolute atomic E-state index is 11.8. The van der Waals surface area contributed by atoms with Gasteiger partial charge in [0.1, 0.15) is 0 Å². The number of carbonyl (C=O) groups is 1. The molecular weight excluding hydrogens is 262 g/mol. The molecule has 0 aliphatic heterocycles. The molecule has 0 aromatic heterocycles. The van der Waals surface area contributed by atoms with E-state index in [9.17, 15) is 13.2 Å². The highest BCUT2D eigenvalue weighted by atomic mass is 32.2. The summed E-state index contributed by atoms with van der Waals surface area (Å²) >= 11 is 0. The Balaban J connectivity index is 2.35. The van der Waals surface area contributed by atoms with E-state index in [1.54, 1.807) is 19.1 Å². The largest absolute Gasteiger partial charge is 0.345 e. The molecule has 1 aromatic carbocycles. The van der Waals surface area contributed by atoms with Crippen molar-refractivity contribution in [3.05, 3.63) is 35.9 Å². The van der Waals surface area contributed by atoms with Crippen molar-refractivity contribution in [3.8, 4) is 11.8 Å². The minimum absolute atomic E-state index is 0.0382. The smallest absolute Gasteiger partial charge is 0.295 e. The third kappa shape index (κ3) is 6.63. The molecule has 1 N–H and O–H groups in total. The summed E-state index contributed by atoms with van der Waals surface area (Å²) in [7, 11) is -3.13. The van der Waals surface area contributed by atoms with Crippen LogP contribution >= 0.6 is 0 Å². The number of amides is 1. The van der Waals surface area contributed by atoms with Crippen molar-refractivity contribution in [2.24, 2.45) is 0 Å². The summed E-state index contributed by atoms with van der Waals surface area (Å²) in [5.74, 6) is 4.53. The van der Waals surface area contributed by atoms with E-state index in [1.165, 1.54) is 0 Å². The van der Waals surface area contributed by atoms with Crippen molar-refractivity contribution in [2.75, 3.05) is 12.3 Å². The van der Waals surface area contributed by atoms with Gasteiger partial charge in [0.2, 0.25) is 0 Å². The monoisotopic (exact) mass is 279 g/mol. The van der Waals surface area contributed by atoms with Crippen LogP contribution in [0.25, 0.3) is 0 Å². The first-order valence-electron chi connectivity index (χ1n) is 5.98. The maximum Gasteiger partial charge on any atom is 0.295 e. The molecule has 0 aliphatic carbocycles. The van der Waals surface area contributed by atoms with Gasteiger partial charge in [-0.3, -0.25) is 4.79 Å². The first-order chi connectivity index (χ1) is 9.03. The van der Waals surface area contributed by atoms with Crippen LogP contribution in [0, 0.1) is 11.8 Å². The number of rotatable bonds is 6. The standard InChI is InChI=1S/C14H17NO3S/c1-2-7-14(16)15-10-6-11-19(17,18)12-13-8-4-3-5-9-13/h3-5,8-9H,6,10-12H2,1H3,(H,15,16). The van der Waals surface area contributed by atoms with Crippen molar-refractivity contribution in [1.82, 2.24) is 5.32 Å². The van der Waals surface area contributed by atoms with Gasteiger partial charge in [-0.15, -0.1) is 0 Å². The van der Waals surface area contributed by atoms with E-state index in [4.69, 9.17) is 0 Å². The molecule has 1 rings (SSSR count). The van der Waals surface area contributed by atoms with Crippen molar-refractivity contribution in [1.29, 1.82) is 0 Å². The summed E-state index contributed by atoms with van der Waals surface area (Å²) < 4.78 is 23.7. The third-order valence-electron chi connectivity index (χ3n) is 2.39. The van der Waals surface area contributed by atoms with Crippen LogP contribution in [0.5, 0.6) is 0 Å². The quantitative estimate of drug-likeness (QED) is 0.627. The topological polar surface area (TPSA) is 63.2 Å². The number of nitrogens with one attached hydrogen (secondary N) is 1. The molecule has 0 fully saturated rings. The molecule has 0 saturated carbocycles. The van der Waals surface area contributed by atoms with Gasteiger partial charge in [0.05, 0.1) is 11.5 Å². The summed E-state index contributed by atoms with van der Waals surface area (Å²) in [4.78, 5) is 11.0. The molecular formula is C14H17NO3S. The van der Waals surface area contributed by atoms with Gasteiger partial charge in [0.15, 0.2) is 9.84 Å². The Morgan fingerprint density at radius 1 is 1.26 bits per heavy atom. The molecule has 0 unspecified atom stereocenters. The summed E-state index contributed by atoms with van der Waals surface area (Å²) in [6.07, 6.45) is 0.395. The molecule has 0 saturated heterocycles. The van der Waals surface area contributed by atoms with Gasteiger partial charge in [0, 0.05) is 6.54 Å². The van der Waals surface area contributed by atoms with Crippen LogP contribution in [0.2, 0.25) is 0 Å². The SMILES string of the molecule is CC#CC(=O)NCCCS(=O)(=O)Cc1ccccc1. The second-order valence-corrected chi connectivity index (χ2v) is 6.25. The summed E-state index contributed by atoms with van der Waals surface area (Å²) in [5.41, 5.74) is 0.781. The zero-order valence-corrected chi connectivity index (χ0v) is 11.7. The molecule has 1 aromatic rings. The lowest BCUT2D eigenvalue weighted by atomic mass is 10.2. The molecule has 0 heterocycles. The van der Waals surface area contributed by atoms with Gasteiger partial charge in [-0.25, -0.2) is 8.42 Å². The predicted octanol–water partition coefficient (Wildman–Crippen LogP) is 1.13. The molecule has 4 nitrogen and oxygen atoms in total. The molecule has 0 atom stereocenters. The Labute approximate surface area is 114 Å². The molecule has 19 heavy (non-hydrogen) atoms. The summed E-state index contributed by atoms with van der Waals surface area (Å²) in [6, 6.07) is 9.05. The Hall–Kier alpha value is -1.80. The van der Waals surface area contributed by atoms with Crippen LogP contribution in [-0.2, 0) is 20.4 Å². The van der Waals surface area contributed by atoms with E-state index in [2.05, 4.69) is 17.2 Å². The van der Waals surface area contributed by atoms with E-state index in [0.29, 0.717) is 13.0 Å². The van der Waals surface area contributed by atoms with E-state index in [0.717, 1.165) is 5.56 Å². The number of carbonyl (C=O) groups excluding carboxylic acids is 1. The molecule has 1 amide bonds. The predicted molar refractivity (Wildman–Crippen MR) is 75.0 cm³/mol. The average molecular weight is 279 g/mol. The van der Waals surface area contributed by atoms with Gasteiger partial charge in [-0.1, -0.05) is 36.3 Å². The van der Waals surface area contributed by atoms with Crippen LogP contribution in [0.4, 0.5) is 0 Å². The van der Waals surface area contributed by atoms with Gasteiger partial charge in [-0.2, -0.15) is 0 Å². The zero-order chi connectivity index (χ0) is 14.1. The van der Waals surface area contributed by atoms with Crippen molar-refractivity contribution in [3.63, 3.8) is 0 Å². The summed E-state index contributed by atoms with van der Waals surface area (Å²) in [6.45, 7) is 1.89. The lowest BCUT2D eigenvalue weighted by Gasteiger charge is -2.04. The van der Waals surface area contributed by atoms with E-state index in [1.807, 2.05) is 18.2 Å². The first-order valence-corrected chi connectivity index (χ1v) is 7.80. The first kappa shape index (κ1) is 15.3. The Kier molecular flexibility index (Phi) is 6.10. The van der Waals surface area contributed by atoms with Gasteiger partial charge >= 0.3 is 0 Å². The van der Waals surface area contributed by atoms with Crippen molar-refractivity contribution in [2.45, 2.75) is 19.1 Å².